The molecule has 0 spiro atoms. The Bertz CT molecular complexity index is 504. The van der Waals surface area contributed by atoms with Crippen LogP contribution >= 0.6 is 0 Å². The molecule has 0 aliphatic heterocycles. The summed E-state index contributed by atoms with van der Waals surface area (Å²) >= 11 is 0. The van der Waals surface area contributed by atoms with Crippen LogP contribution in [0.2, 0.25) is 0 Å². The fourth-order valence-corrected chi connectivity index (χ4v) is 1.24. The quantitative estimate of drug-likeness (QED) is 0.654. The molecule has 3 N–H and O–H groups in total. The van der Waals surface area contributed by atoms with Crippen LogP contribution in [0, 0.1) is 0 Å². The Morgan fingerprint density at radius 1 is 1.29 bits per heavy atom. The van der Waals surface area contributed by atoms with Crippen LogP contribution in [0.15, 0.2) is 41.3 Å². The Morgan fingerprint density at radius 2 is 2.14 bits per heavy atom. The van der Waals surface area contributed by atoms with Crippen molar-refractivity contribution in [1.82, 2.24) is 9.97 Å². The Kier molecular flexibility index (Phi) is 2.02. The number of H-pyrrole nitrogens is 1. The lowest BCUT2D eigenvalue weighted by molar-refractivity contribution is 1.08. The van der Waals surface area contributed by atoms with Crippen molar-refractivity contribution < 1.29 is 0 Å². The van der Waals surface area contributed by atoms with Crippen LogP contribution in [0.3, 0.4) is 0 Å². The standard InChI is InChI=1S/C10H9N3O/c11-8-3-1-2-7(6-8)9-4-5-12-10(14)13-9/h1-6H,11H2,(H,12,13,14). The number of anilines is 1. The van der Waals surface area contributed by atoms with Gasteiger partial charge in [-0.3, -0.25) is 0 Å². The van der Waals surface area contributed by atoms with Gasteiger partial charge in [-0.05, 0) is 18.2 Å². The Morgan fingerprint density at radius 3 is 2.86 bits per heavy atom. The van der Waals surface area contributed by atoms with Gasteiger partial charge in [0.2, 0.25) is 0 Å². The molecule has 0 unspecified atom stereocenters. The Hall–Kier alpha value is -2.10. The number of benzene rings is 1. The molecule has 0 saturated heterocycles. The second-order valence-corrected chi connectivity index (χ2v) is 2.91. The minimum absolute atomic E-state index is 0.357. The summed E-state index contributed by atoms with van der Waals surface area (Å²) in [5.74, 6) is 0. The van der Waals surface area contributed by atoms with Gasteiger partial charge in [0.1, 0.15) is 0 Å². The van der Waals surface area contributed by atoms with E-state index < -0.39 is 0 Å². The average molecular weight is 187 g/mol. The molecule has 1 aromatic carbocycles. The molecule has 0 bridgehead atoms. The summed E-state index contributed by atoms with van der Waals surface area (Å²) in [6.07, 6.45) is 1.47. The number of aromatic nitrogens is 2. The second-order valence-electron chi connectivity index (χ2n) is 2.91. The third-order valence-electron chi connectivity index (χ3n) is 1.87. The molecule has 2 aromatic rings. The van der Waals surface area contributed by atoms with Crippen LogP contribution in [0.4, 0.5) is 5.69 Å². The first-order valence-corrected chi connectivity index (χ1v) is 4.17. The smallest absolute Gasteiger partial charge is 0.345 e. The molecule has 0 saturated carbocycles. The van der Waals surface area contributed by atoms with Gasteiger partial charge >= 0.3 is 5.69 Å². The maximum atomic E-state index is 11.0. The van der Waals surface area contributed by atoms with Gasteiger partial charge in [-0.15, -0.1) is 0 Å². The van der Waals surface area contributed by atoms with E-state index in [-0.39, 0.29) is 5.69 Å². The summed E-state index contributed by atoms with van der Waals surface area (Å²) in [6.45, 7) is 0. The molecule has 70 valence electrons. The van der Waals surface area contributed by atoms with Gasteiger partial charge in [0.25, 0.3) is 0 Å². The first kappa shape index (κ1) is 8.50. The number of rotatable bonds is 1. The largest absolute Gasteiger partial charge is 0.399 e. The van der Waals surface area contributed by atoms with E-state index in [2.05, 4.69) is 9.97 Å². The Labute approximate surface area is 80.4 Å². The normalized spacial score (nSPS) is 10.0. The van der Waals surface area contributed by atoms with Crippen molar-refractivity contribution in [3.8, 4) is 11.3 Å². The zero-order valence-electron chi connectivity index (χ0n) is 7.40. The predicted molar refractivity (Wildman–Crippen MR) is 54.7 cm³/mol. The Balaban J connectivity index is 2.55. The van der Waals surface area contributed by atoms with E-state index in [1.807, 2.05) is 12.1 Å². The van der Waals surface area contributed by atoms with Crippen molar-refractivity contribution in [2.24, 2.45) is 0 Å². The summed E-state index contributed by atoms with van der Waals surface area (Å²) in [7, 11) is 0. The molecular weight excluding hydrogens is 178 g/mol. The number of hydrogen-bond donors (Lipinski definition) is 2. The van der Waals surface area contributed by atoms with Crippen molar-refractivity contribution in [1.29, 1.82) is 0 Å². The van der Waals surface area contributed by atoms with Crippen molar-refractivity contribution in [2.45, 2.75) is 0 Å². The maximum Gasteiger partial charge on any atom is 0.345 e. The molecule has 0 amide bonds. The topological polar surface area (TPSA) is 71.8 Å². The lowest BCUT2D eigenvalue weighted by Gasteiger charge is -2.00. The van der Waals surface area contributed by atoms with Crippen molar-refractivity contribution in [3.63, 3.8) is 0 Å². The van der Waals surface area contributed by atoms with E-state index in [1.54, 1.807) is 18.2 Å². The maximum absolute atomic E-state index is 11.0. The van der Waals surface area contributed by atoms with E-state index in [4.69, 9.17) is 5.73 Å². The SMILES string of the molecule is Nc1cccc(-c2ccnc(=O)[nH]2)c1. The number of nitrogen functional groups attached to an aromatic ring is 1. The highest BCUT2D eigenvalue weighted by molar-refractivity contribution is 5.63. The molecule has 0 fully saturated rings. The third-order valence-corrected chi connectivity index (χ3v) is 1.87. The summed E-state index contributed by atoms with van der Waals surface area (Å²) in [6, 6.07) is 9.04. The zero-order chi connectivity index (χ0) is 9.97. The minimum atomic E-state index is -0.357. The molecule has 4 nitrogen and oxygen atoms in total. The van der Waals surface area contributed by atoms with E-state index >= 15 is 0 Å². The van der Waals surface area contributed by atoms with E-state index in [1.165, 1.54) is 6.20 Å². The van der Waals surface area contributed by atoms with Crippen LogP contribution in [-0.2, 0) is 0 Å². The van der Waals surface area contributed by atoms with Gasteiger partial charge in [-0.1, -0.05) is 12.1 Å². The molecule has 4 heteroatoms. The van der Waals surface area contributed by atoms with Gasteiger partial charge in [-0.25, -0.2) is 9.78 Å². The molecule has 0 aliphatic rings. The third kappa shape index (κ3) is 1.64. The average Bonchev–Trinajstić information content (AvgIpc) is 2.18. The fourth-order valence-electron chi connectivity index (χ4n) is 1.24. The summed E-state index contributed by atoms with van der Waals surface area (Å²) in [5, 5.41) is 0. The molecule has 0 aliphatic carbocycles. The van der Waals surface area contributed by atoms with Crippen LogP contribution in [0.5, 0.6) is 0 Å². The highest BCUT2D eigenvalue weighted by Gasteiger charge is 1.97. The number of nitrogens with zero attached hydrogens (tertiary/aromatic N) is 1. The monoisotopic (exact) mass is 187 g/mol. The molecule has 1 aromatic heterocycles. The molecular formula is C10H9N3O. The summed E-state index contributed by atoms with van der Waals surface area (Å²) in [5.41, 5.74) is 7.54. The van der Waals surface area contributed by atoms with Gasteiger partial charge in [0, 0.05) is 17.4 Å². The molecule has 2 rings (SSSR count). The fraction of sp³-hybridized carbons (Fsp3) is 0. The van der Waals surface area contributed by atoms with Crippen LogP contribution in [0.25, 0.3) is 11.3 Å². The van der Waals surface area contributed by atoms with Crippen molar-refractivity contribution in [3.05, 3.63) is 47.0 Å². The van der Waals surface area contributed by atoms with Crippen LogP contribution in [-0.4, -0.2) is 9.97 Å². The first-order valence-electron chi connectivity index (χ1n) is 4.17. The van der Waals surface area contributed by atoms with E-state index in [0.29, 0.717) is 5.69 Å². The zero-order valence-corrected chi connectivity index (χ0v) is 7.40. The number of aromatic amines is 1. The molecule has 0 atom stereocenters. The number of nitrogens with one attached hydrogen (secondary N) is 1. The predicted octanol–water partition coefficient (Wildman–Crippen LogP) is 1.02. The first-order chi connectivity index (χ1) is 6.75. The number of hydrogen-bond acceptors (Lipinski definition) is 3. The molecule has 0 radical (unpaired) electrons. The minimum Gasteiger partial charge on any atom is -0.399 e. The number of nitrogens with two attached hydrogens (primary N) is 1. The van der Waals surface area contributed by atoms with Crippen LogP contribution < -0.4 is 11.4 Å². The highest BCUT2D eigenvalue weighted by atomic mass is 16.1. The van der Waals surface area contributed by atoms with E-state index in [0.717, 1.165) is 11.3 Å². The molecule has 1 heterocycles. The highest BCUT2D eigenvalue weighted by Crippen LogP contribution is 2.17. The van der Waals surface area contributed by atoms with Gasteiger partial charge in [0.15, 0.2) is 0 Å². The summed E-state index contributed by atoms with van der Waals surface area (Å²) in [4.78, 5) is 17.1. The lowest BCUT2D eigenvalue weighted by atomic mass is 10.1. The molecule has 14 heavy (non-hydrogen) atoms. The van der Waals surface area contributed by atoms with Gasteiger partial charge < -0.3 is 10.7 Å². The van der Waals surface area contributed by atoms with Crippen molar-refractivity contribution in [2.75, 3.05) is 5.73 Å². The van der Waals surface area contributed by atoms with Crippen molar-refractivity contribution >= 4 is 5.69 Å². The second kappa shape index (κ2) is 3.33. The van der Waals surface area contributed by atoms with E-state index in [9.17, 15) is 4.79 Å². The van der Waals surface area contributed by atoms with Crippen LogP contribution in [0.1, 0.15) is 0 Å². The lowest BCUT2D eigenvalue weighted by Crippen LogP contribution is -2.09. The van der Waals surface area contributed by atoms with Gasteiger partial charge in [0.05, 0.1) is 5.69 Å². The summed E-state index contributed by atoms with van der Waals surface area (Å²) < 4.78 is 0. The van der Waals surface area contributed by atoms with Gasteiger partial charge in [-0.2, -0.15) is 0 Å².